The van der Waals surface area contributed by atoms with E-state index in [2.05, 4.69) is 15.5 Å². The van der Waals surface area contributed by atoms with Crippen molar-refractivity contribution in [3.63, 3.8) is 0 Å². The van der Waals surface area contributed by atoms with Crippen molar-refractivity contribution in [2.75, 3.05) is 58.6 Å². The van der Waals surface area contributed by atoms with Crippen LogP contribution in [0.15, 0.2) is 35.3 Å². The van der Waals surface area contributed by atoms with E-state index in [0.29, 0.717) is 17.6 Å². The van der Waals surface area contributed by atoms with Gasteiger partial charge in [0.05, 0.1) is 50.5 Å². The fourth-order valence-electron chi connectivity index (χ4n) is 4.48. The molecule has 0 spiro atoms. The second kappa shape index (κ2) is 18.3. The van der Waals surface area contributed by atoms with Crippen molar-refractivity contribution in [1.82, 2.24) is 15.3 Å². The number of hydroxylamine groups is 2. The van der Waals surface area contributed by atoms with Crippen LogP contribution in [0.1, 0.15) is 50.5 Å². The number of halogens is 4. The number of ether oxygens (including phenoxy) is 3. The predicted octanol–water partition coefficient (Wildman–Crippen LogP) is 5.49. The average molecular weight is 621 g/mol. The van der Waals surface area contributed by atoms with Crippen molar-refractivity contribution in [3.05, 3.63) is 51.4 Å². The van der Waals surface area contributed by atoms with Gasteiger partial charge in [0, 0.05) is 26.2 Å². The second-order valence-electron chi connectivity index (χ2n) is 10.1. The zero-order valence-corrected chi connectivity index (χ0v) is 24.6. The Morgan fingerprint density at radius 1 is 1.00 bits per heavy atom. The number of aromatic nitrogens is 2. The van der Waals surface area contributed by atoms with E-state index in [1.807, 2.05) is 0 Å². The number of nitrogens with zero attached hydrogens (tertiary/aromatic N) is 2. The van der Waals surface area contributed by atoms with Crippen LogP contribution >= 0.6 is 11.6 Å². The maximum absolute atomic E-state index is 12.4. The lowest BCUT2D eigenvalue weighted by Crippen LogP contribution is -2.34. The average Bonchev–Trinajstić information content (AvgIpc) is 3.03. The number of benzene rings is 1. The van der Waals surface area contributed by atoms with Gasteiger partial charge >= 0.3 is 6.18 Å². The highest BCUT2D eigenvalue weighted by Crippen LogP contribution is 2.30. The molecule has 2 aliphatic heterocycles. The van der Waals surface area contributed by atoms with Gasteiger partial charge in [-0.15, -0.1) is 5.06 Å². The van der Waals surface area contributed by atoms with E-state index in [4.69, 9.17) is 35.7 Å². The lowest BCUT2D eigenvalue weighted by molar-refractivity contribution is -0.373. The highest BCUT2D eigenvalue weighted by atomic mass is 35.5. The largest absolute Gasteiger partial charge is 0.416 e. The van der Waals surface area contributed by atoms with Crippen LogP contribution in [0.3, 0.4) is 0 Å². The molecule has 1 saturated carbocycles. The first kappa shape index (κ1) is 34.1. The van der Waals surface area contributed by atoms with Crippen LogP contribution < -0.4 is 15.8 Å². The topological polar surface area (TPSA) is 107 Å². The van der Waals surface area contributed by atoms with E-state index in [0.717, 1.165) is 84.0 Å². The van der Waals surface area contributed by atoms with E-state index in [1.54, 1.807) is 12.1 Å². The molecule has 3 aliphatic rings. The summed E-state index contributed by atoms with van der Waals surface area (Å²) >= 11 is 5.83. The summed E-state index contributed by atoms with van der Waals surface area (Å²) in [5, 5.41) is 10.9. The highest BCUT2D eigenvalue weighted by Gasteiger charge is 2.30. The molecule has 2 N–H and O–H groups in total. The zero-order valence-electron chi connectivity index (χ0n) is 23.8. The number of nitrogens with one attached hydrogen (secondary N) is 2. The van der Waals surface area contributed by atoms with Gasteiger partial charge in [0.15, 0.2) is 5.75 Å². The molecule has 42 heavy (non-hydrogen) atoms. The lowest BCUT2D eigenvalue weighted by atomic mass is 9.96. The van der Waals surface area contributed by atoms with Crippen LogP contribution in [0.5, 0.6) is 5.75 Å². The monoisotopic (exact) mass is 620 g/mol. The molecule has 0 amide bonds. The number of aromatic amines is 1. The molecule has 1 atom stereocenters. The number of hydrogen-bond acceptors (Lipinski definition) is 9. The first-order valence-corrected chi connectivity index (χ1v) is 14.6. The van der Waals surface area contributed by atoms with Crippen LogP contribution in [0.25, 0.3) is 0 Å². The molecule has 14 heteroatoms. The Bertz CT molecular complexity index is 1070. The van der Waals surface area contributed by atoms with Gasteiger partial charge < -0.3 is 24.4 Å². The molecule has 1 aromatic carbocycles. The van der Waals surface area contributed by atoms with E-state index in [9.17, 15) is 18.0 Å². The molecule has 1 aromatic heterocycles. The Balaban J connectivity index is 0.000000195. The molecule has 3 fully saturated rings. The highest BCUT2D eigenvalue weighted by molar-refractivity contribution is 6.32. The Labute approximate surface area is 248 Å². The summed E-state index contributed by atoms with van der Waals surface area (Å²) in [6.45, 7) is 5.48. The van der Waals surface area contributed by atoms with Crippen molar-refractivity contribution >= 4 is 17.3 Å². The molecule has 0 radical (unpaired) electrons. The molecule has 1 unspecified atom stereocenters. The normalized spacial score (nSPS) is 19.6. The van der Waals surface area contributed by atoms with E-state index >= 15 is 0 Å². The number of rotatable bonds is 7. The molecule has 10 nitrogen and oxygen atoms in total. The summed E-state index contributed by atoms with van der Waals surface area (Å²) in [4.78, 5) is 21.4. The van der Waals surface area contributed by atoms with Crippen LogP contribution in [-0.4, -0.2) is 74.5 Å². The van der Waals surface area contributed by atoms with Crippen molar-refractivity contribution in [2.45, 2.75) is 57.2 Å². The van der Waals surface area contributed by atoms with Gasteiger partial charge in [-0.3, -0.25) is 4.79 Å². The van der Waals surface area contributed by atoms with Crippen molar-refractivity contribution in [2.24, 2.45) is 5.92 Å². The van der Waals surface area contributed by atoms with Gasteiger partial charge in [-0.25, -0.2) is 5.10 Å². The van der Waals surface area contributed by atoms with Crippen molar-refractivity contribution in [3.8, 4) is 5.75 Å². The summed E-state index contributed by atoms with van der Waals surface area (Å²) in [5.41, 5.74) is -0.493. The first-order chi connectivity index (χ1) is 20.2. The molecule has 2 saturated heterocycles. The maximum Gasteiger partial charge on any atom is 0.416 e. The lowest BCUT2D eigenvalue weighted by Gasteiger charge is -2.28. The molecule has 3 heterocycles. The third kappa shape index (κ3) is 12.4. The summed E-state index contributed by atoms with van der Waals surface area (Å²) in [7, 11) is 1.78. The number of hydrogen-bond donors (Lipinski definition) is 2. The fraction of sp³-hybridized carbons (Fsp3) is 0.643. The molecule has 1 aliphatic carbocycles. The van der Waals surface area contributed by atoms with Gasteiger partial charge in [0.1, 0.15) is 5.02 Å². The minimum atomic E-state index is -4.34. The van der Waals surface area contributed by atoms with Crippen LogP contribution in [0.2, 0.25) is 5.02 Å². The van der Waals surface area contributed by atoms with Gasteiger partial charge in [-0.05, 0) is 55.9 Å². The van der Waals surface area contributed by atoms with Crippen molar-refractivity contribution in [1.29, 1.82) is 0 Å². The summed E-state index contributed by atoms with van der Waals surface area (Å²) in [5.74, 6) is 0.727. The number of anilines is 1. The van der Waals surface area contributed by atoms with E-state index in [1.165, 1.54) is 37.6 Å². The fourth-order valence-corrected chi connectivity index (χ4v) is 4.63. The SMILES string of the molecule is C1COCCO1.CN(OOc1ccc(C(F)(F)F)cc1)C1CCCCC1.O=c1[nH]ncc(NCC2CCCOC2)c1Cl. The maximum atomic E-state index is 12.4. The zero-order chi connectivity index (χ0) is 30.2. The van der Waals surface area contributed by atoms with E-state index < -0.39 is 11.7 Å². The van der Waals surface area contributed by atoms with Crippen LogP contribution in [0.4, 0.5) is 18.9 Å². The molecular formula is C28H40ClF3N4O6. The Morgan fingerprint density at radius 2 is 1.67 bits per heavy atom. The second-order valence-corrected chi connectivity index (χ2v) is 10.5. The third-order valence-corrected chi connectivity index (χ3v) is 7.27. The summed E-state index contributed by atoms with van der Waals surface area (Å²) < 4.78 is 52.4. The number of H-pyrrole nitrogens is 1. The number of alkyl halides is 3. The minimum absolute atomic E-state index is 0.159. The summed E-state index contributed by atoms with van der Waals surface area (Å²) in [6.07, 6.45) is 5.09. The van der Waals surface area contributed by atoms with Crippen molar-refractivity contribution < 1.29 is 37.3 Å². The van der Waals surface area contributed by atoms with Crippen LogP contribution in [0, 0.1) is 5.92 Å². The van der Waals surface area contributed by atoms with Gasteiger partial charge in [-0.2, -0.15) is 18.3 Å². The molecule has 2 aromatic rings. The molecular weight excluding hydrogens is 581 g/mol. The summed E-state index contributed by atoms with van der Waals surface area (Å²) in [6, 6.07) is 4.74. The Morgan fingerprint density at radius 3 is 2.24 bits per heavy atom. The molecule has 236 valence electrons. The third-order valence-electron chi connectivity index (χ3n) is 6.90. The standard InChI is InChI=1S/C14H18F3NO2.C10H14ClN3O2.C4H8O2/c1-18(12-5-3-2-4-6-12)20-19-13-9-7-11(8-10-13)14(15,16)17;11-9-8(5-13-14-10(9)15)12-4-7-2-1-3-16-6-7;1-2-6-4-3-5-1/h7-10,12H,2-6H2,1H3;5,7H,1-4,6H2,(H2,12,14,15);1-4H2. The first-order valence-electron chi connectivity index (χ1n) is 14.2. The molecule has 5 rings (SSSR count). The quantitative estimate of drug-likeness (QED) is 0.307. The Hall–Kier alpha value is -2.42. The minimum Gasteiger partial charge on any atom is -0.382 e. The molecule has 0 bridgehead atoms. The van der Waals surface area contributed by atoms with Gasteiger partial charge in [0.25, 0.3) is 5.56 Å². The predicted molar refractivity (Wildman–Crippen MR) is 151 cm³/mol. The van der Waals surface area contributed by atoms with Gasteiger partial charge in [0.2, 0.25) is 0 Å². The van der Waals surface area contributed by atoms with Crippen LogP contribution in [-0.2, 0) is 25.4 Å². The smallest absolute Gasteiger partial charge is 0.382 e. The van der Waals surface area contributed by atoms with Gasteiger partial charge in [-0.1, -0.05) is 35.9 Å². The van der Waals surface area contributed by atoms with E-state index in [-0.39, 0.29) is 16.3 Å². The Kier molecular flexibility index (Phi) is 14.8.